The predicted octanol–water partition coefficient (Wildman–Crippen LogP) is 23.5. The molecule has 0 saturated heterocycles. The third kappa shape index (κ3) is 72.4. The molecule has 0 aromatic carbocycles. The first-order valence-electron chi connectivity index (χ1n) is 41.0. The highest BCUT2D eigenvalue weighted by atomic mass is 31.2. The number of hydrogen-bond acceptors (Lipinski definition) is 15. The van der Waals surface area contributed by atoms with Crippen molar-refractivity contribution >= 4 is 39.5 Å². The van der Waals surface area contributed by atoms with E-state index < -0.39 is 97.5 Å². The van der Waals surface area contributed by atoms with Crippen LogP contribution in [0.3, 0.4) is 0 Å². The summed E-state index contributed by atoms with van der Waals surface area (Å²) in [7, 11) is -9.92. The molecule has 0 aromatic rings. The summed E-state index contributed by atoms with van der Waals surface area (Å²) in [5.74, 6) is -0.632. The van der Waals surface area contributed by atoms with Crippen LogP contribution in [0.5, 0.6) is 0 Å². The molecular weight excluding hydrogens is 1280 g/mol. The van der Waals surface area contributed by atoms with Crippen molar-refractivity contribution in [1.82, 2.24) is 0 Å². The highest BCUT2D eigenvalue weighted by Crippen LogP contribution is 2.45. The molecule has 0 radical (unpaired) electrons. The van der Waals surface area contributed by atoms with E-state index in [9.17, 15) is 43.2 Å². The van der Waals surface area contributed by atoms with Crippen LogP contribution in [0.1, 0.15) is 414 Å². The number of esters is 4. The molecule has 0 aromatic heterocycles. The number of unbranched alkanes of at least 4 members (excludes halogenated alkanes) is 48. The van der Waals surface area contributed by atoms with Gasteiger partial charge >= 0.3 is 39.5 Å². The maximum atomic E-state index is 13.1. The third-order valence-corrected chi connectivity index (χ3v) is 20.4. The molecule has 0 amide bonds. The van der Waals surface area contributed by atoms with Gasteiger partial charge in [0.05, 0.1) is 26.4 Å². The van der Waals surface area contributed by atoms with Crippen LogP contribution in [0.15, 0.2) is 0 Å². The number of hydrogen-bond donors (Lipinski definition) is 3. The average molecular weight is 1440 g/mol. The Kier molecular flexibility index (Phi) is 69.3. The van der Waals surface area contributed by atoms with Crippen molar-refractivity contribution in [3.63, 3.8) is 0 Å². The zero-order valence-electron chi connectivity index (χ0n) is 64.1. The Morgan fingerprint density at radius 1 is 0.276 bits per heavy atom. The van der Waals surface area contributed by atoms with E-state index >= 15 is 0 Å². The number of ether oxygens (including phenoxy) is 4. The first-order valence-corrected chi connectivity index (χ1v) is 44.0. The lowest BCUT2D eigenvalue weighted by atomic mass is 10.0. The molecule has 0 aliphatic carbocycles. The molecule has 0 heterocycles. The molecule has 0 rings (SSSR count). The van der Waals surface area contributed by atoms with Crippen LogP contribution in [0.2, 0.25) is 0 Å². The van der Waals surface area contributed by atoms with Gasteiger partial charge in [-0.25, -0.2) is 9.13 Å². The fourth-order valence-corrected chi connectivity index (χ4v) is 13.8. The van der Waals surface area contributed by atoms with E-state index in [0.717, 1.165) is 102 Å². The summed E-state index contributed by atoms with van der Waals surface area (Å²) in [6.07, 6.45) is 59.7. The van der Waals surface area contributed by atoms with Gasteiger partial charge in [0.15, 0.2) is 12.2 Å². The average Bonchev–Trinajstić information content (AvgIpc) is 0.984. The number of rotatable bonds is 78. The van der Waals surface area contributed by atoms with E-state index in [0.29, 0.717) is 25.7 Å². The van der Waals surface area contributed by atoms with Gasteiger partial charge in [-0.05, 0) is 37.5 Å². The number of carbonyl (C=O) groups is 4. The first-order chi connectivity index (χ1) is 47.4. The molecule has 19 heteroatoms. The Morgan fingerprint density at radius 3 is 0.694 bits per heavy atom. The summed E-state index contributed by atoms with van der Waals surface area (Å²) >= 11 is 0. The zero-order valence-corrected chi connectivity index (χ0v) is 65.9. The Bertz CT molecular complexity index is 1890. The van der Waals surface area contributed by atoms with Crippen LogP contribution < -0.4 is 0 Å². The number of aliphatic hydroxyl groups is 1. The molecule has 2 unspecified atom stereocenters. The van der Waals surface area contributed by atoms with Crippen molar-refractivity contribution in [2.24, 2.45) is 11.8 Å². The minimum absolute atomic E-state index is 0.105. The van der Waals surface area contributed by atoms with Crippen molar-refractivity contribution < 1.29 is 80.2 Å². The monoisotopic (exact) mass is 1440 g/mol. The van der Waals surface area contributed by atoms with Crippen molar-refractivity contribution in [2.75, 3.05) is 39.6 Å². The Morgan fingerprint density at radius 2 is 0.469 bits per heavy atom. The normalized spacial score (nSPS) is 13.9. The summed E-state index contributed by atoms with van der Waals surface area (Å²) in [5.41, 5.74) is 0. The lowest BCUT2D eigenvalue weighted by Gasteiger charge is -2.21. The standard InChI is InChI=1S/C79H154O17P2/c1-7-9-11-13-15-17-19-21-23-24-25-26-27-28-30-32-38-45-51-57-63-78(83)95-74(67-89-76(81)61-55-49-43-37-31-29-22-20-18-16-14-12-10-8-2)69-93-97(85,86)91-65-73(80)66-92-98(87,88)94-70-75(96-79(84)64-58-52-46-40-34-36-42-48-54-60-72(5)6)68-90-77(82)62-56-50-44-39-33-35-41-47-53-59-71(3)4/h71-75,80H,7-70H2,1-6H3,(H,85,86)(H,87,88)/t73-,74-,75-/m1/s1. The van der Waals surface area contributed by atoms with Crippen molar-refractivity contribution in [2.45, 2.75) is 432 Å². The largest absolute Gasteiger partial charge is 0.472 e. The van der Waals surface area contributed by atoms with E-state index in [1.165, 1.54) is 231 Å². The van der Waals surface area contributed by atoms with Gasteiger partial charge in [0.1, 0.15) is 19.3 Å². The summed E-state index contributed by atoms with van der Waals surface area (Å²) in [5, 5.41) is 10.6. The molecule has 98 heavy (non-hydrogen) atoms. The SMILES string of the molecule is CCCCCCCCCCCCCCCCCCCCCCC(=O)O[C@H](COC(=O)CCCCCCCCCCCCCCCC)COP(=O)(O)OC[C@@H](O)COP(=O)(O)OC[C@@H](COC(=O)CCCCCCCCCCCC(C)C)OC(=O)CCCCCCCCCCCC(C)C. The van der Waals surface area contributed by atoms with Crippen LogP contribution in [-0.2, 0) is 65.4 Å². The molecule has 0 aliphatic heterocycles. The fourth-order valence-electron chi connectivity index (χ4n) is 12.2. The number of carbonyl (C=O) groups excluding carboxylic acids is 4. The van der Waals surface area contributed by atoms with Gasteiger partial charge in [0.25, 0.3) is 0 Å². The molecule has 0 saturated carbocycles. The van der Waals surface area contributed by atoms with Gasteiger partial charge in [-0.15, -0.1) is 0 Å². The van der Waals surface area contributed by atoms with Crippen molar-refractivity contribution in [3.05, 3.63) is 0 Å². The minimum Gasteiger partial charge on any atom is -0.462 e. The molecule has 0 spiro atoms. The van der Waals surface area contributed by atoms with Crippen LogP contribution in [0.4, 0.5) is 0 Å². The fraction of sp³-hybridized carbons (Fsp3) is 0.949. The number of aliphatic hydroxyl groups excluding tert-OH is 1. The molecule has 17 nitrogen and oxygen atoms in total. The quantitative estimate of drug-likeness (QED) is 0.0222. The highest BCUT2D eigenvalue weighted by Gasteiger charge is 2.30. The molecule has 0 aliphatic rings. The Labute approximate surface area is 600 Å². The van der Waals surface area contributed by atoms with Crippen LogP contribution in [-0.4, -0.2) is 96.7 Å². The van der Waals surface area contributed by atoms with E-state index in [4.69, 9.17) is 37.0 Å². The van der Waals surface area contributed by atoms with E-state index in [2.05, 4.69) is 41.5 Å². The Hall–Kier alpha value is -1.94. The second-order valence-corrected chi connectivity index (χ2v) is 32.3. The van der Waals surface area contributed by atoms with E-state index in [-0.39, 0.29) is 25.7 Å². The molecule has 0 bridgehead atoms. The summed E-state index contributed by atoms with van der Waals surface area (Å²) in [6.45, 7) is 9.58. The Balaban J connectivity index is 5.23. The summed E-state index contributed by atoms with van der Waals surface area (Å²) in [6, 6.07) is 0. The lowest BCUT2D eigenvalue weighted by molar-refractivity contribution is -0.161. The van der Waals surface area contributed by atoms with Gasteiger partial charge in [0, 0.05) is 25.7 Å². The van der Waals surface area contributed by atoms with Gasteiger partial charge in [-0.3, -0.25) is 37.3 Å². The maximum Gasteiger partial charge on any atom is 0.472 e. The molecule has 3 N–H and O–H groups in total. The molecule has 5 atom stereocenters. The third-order valence-electron chi connectivity index (χ3n) is 18.5. The second kappa shape index (κ2) is 70.7. The van der Waals surface area contributed by atoms with Crippen LogP contribution in [0, 0.1) is 11.8 Å². The second-order valence-electron chi connectivity index (χ2n) is 29.4. The van der Waals surface area contributed by atoms with Gasteiger partial charge in [0.2, 0.25) is 0 Å². The predicted molar refractivity (Wildman–Crippen MR) is 400 cm³/mol. The summed E-state index contributed by atoms with van der Waals surface area (Å²) in [4.78, 5) is 72.9. The van der Waals surface area contributed by atoms with Crippen molar-refractivity contribution in [3.8, 4) is 0 Å². The molecule has 582 valence electrons. The van der Waals surface area contributed by atoms with Gasteiger partial charge in [-0.2, -0.15) is 0 Å². The van der Waals surface area contributed by atoms with E-state index in [1.54, 1.807) is 0 Å². The minimum atomic E-state index is -4.96. The molecular formula is C79H154O17P2. The molecule has 0 fully saturated rings. The number of phosphoric acid groups is 2. The van der Waals surface area contributed by atoms with Gasteiger partial charge < -0.3 is 33.8 Å². The van der Waals surface area contributed by atoms with Crippen molar-refractivity contribution in [1.29, 1.82) is 0 Å². The van der Waals surface area contributed by atoms with Crippen LogP contribution >= 0.6 is 15.6 Å². The van der Waals surface area contributed by atoms with Gasteiger partial charge in [-0.1, -0.05) is 363 Å². The lowest BCUT2D eigenvalue weighted by Crippen LogP contribution is -2.30. The summed E-state index contributed by atoms with van der Waals surface area (Å²) < 4.78 is 68.6. The number of phosphoric ester groups is 2. The van der Waals surface area contributed by atoms with E-state index in [1.807, 2.05) is 0 Å². The zero-order chi connectivity index (χ0) is 72.1. The topological polar surface area (TPSA) is 237 Å². The maximum absolute atomic E-state index is 13.1. The first kappa shape index (κ1) is 96.1. The van der Waals surface area contributed by atoms with Crippen LogP contribution in [0.25, 0.3) is 0 Å². The highest BCUT2D eigenvalue weighted by molar-refractivity contribution is 7.47. The smallest absolute Gasteiger partial charge is 0.462 e.